The van der Waals surface area contributed by atoms with Crippen LogP contribution in [-0.2, 0) is 10.0 Å². The topological polar surface area (TPSA) is 67.9 Å². The molecule has 158 valence electrons. The van der Waals surface area contributed by atoms with Gasteiger partial charge in [-0.2, -0.15) is 0 Å². The third-order valence-corrected chi connectivity index (χ3v) is 6.13. The van der Waals surface area contributed by atoms with Crippen LogP contribution in [-0.4, -0.2) is 41.0 Å². The van der Waals surface area contributed by atoms with Gasteiger partial charge in [-0.3, -0.25) is 0 Å². The molecule has 0 saturated carbocycles. The molecule has 0 bridgehead atoms. The minimum absolute atomic E-state index is 0.147. The number of ether oxygens (including phenoxy) is 2. The number of alkyl halides is 3. The molecule has 2 aromatic rings. The van der Waals surface area contributed by atoms with Gasteiger partial charge in [-0.25, -0.2) is 13.1 Å². The average molecular weight is 451 g/mol. The second-order valence-electron chi connectivity index (χ2n) is 6.39. The summed E-state index contributed by atoms with van der Waals surface area (Å²) in [5, 5.41) is 0.533. The Hall–Kier alpha value is -2.17. The highest BCUT2D eigenvalue weighted by atomic mass is 35.5. The van der Waals surface area contributed by atoms with Crippen LogP contribution in [0.4, 0.5) is 18.9 Å². The van der Waals surface area contributed by atoms with E-state index in [1.54, 1.807) is 18.2 Å². The number of benzene rings is 2. The van der Waals surface area contributed by atoms with E-state index in [9.17, 15) is 21.6 Å². The molecule has 1 fully saturated rings. The van der Waals surface area contributed by atoms with Crippen LogP contribution in [0.25, 0.3) is 0 Å². The first-order chi connectivity index (χ1) is 13.6. The molecule has 0 radical (unpaired) electrons. The lowest BCUT2D eigenvalue weighted by atomic mass is 10.2. The van der Waals surface area contributed by atoms with Gasteiger partial charge in [-0.1, -0.05) is 11.6 Å². The molecule has 1 unspecified atom stereocenters. The molecule has 1 heterocycles. The molecule has 1 aliphatic heterocycles. The monoisotopic (exact) mass is 450 g/mol. The molecule has 6 nitrogen and oxygen atoms in total. The average Bonchev–Trinajstić information content (AvgIpc) is 3.08. The van der Waals surface area contributed by atoms with Crippen molar-refractivity contribution in [3.8, 4) is 11.5 Å². The van der Waals surface area contributed by atoms with E-state index in [-0.39, 0.29) is 10.9 Å². The van der Waals surface area contributed by atoms with Gasteiger partial charge in [-0.05, 0) is 48.9 Å². The highest BCUT2D eigenvalue weighted by molar-refractivity contribution is 7.89. The number of sulfonamides is 1. The normalized spacial score (nSPS) is 17.4. The second-order valence-corrected chi connectivity index (χ2v) is 8.54. The Morgan fingerprint density at radius 3 is 2.48 bits per heavy atom. The molecular weight excluding hydrogens is 433 g/mol. The van der Waals surface area contributed by atoms with Crippen molar-refractivity contribution in [1.82, 2.24) is 4.72 Å². The van der Waals surface area contributed by atoms with Crippen LogP contribution >= 0.6 is 11.6 Å². The van der Waals surface area contributed by atoms with Crippen molar-refractivity contribution < 1.29 is 31.1 Å². The Morgan fingerprint density at radius 2 is 1.86 bits per heavy atom. The Bertz CT molecular complexity index is 968. The van der Waals surface area contributed by atoms with Crippen molar-refractivity contribution in [1.29, 1.82) is 0 Å². The lowest BCUT2D eigenvalue weighted by Gasteiger charge is -2.21. The van der Waals surface area contributed by atoms with E-state index in [1.807, 2.05) is 4.90 Å². The standard InChI is InChI=1S/C18H18ClF3N2O4S/c1-27-17-7-2-12(19)10-16(17)24-9-8-13(11-24)23-29(25,26)15-5-3-14(4-6-15)28-18(20,21)22/h2-7,10,13,23H,8-9,11H2,1H3. The molecule has 0 amide bonds. The Labute approximate surface area is 171 Å². The molecule has 1 N–H and O–H groups in total. The van der Waals surface area contributed by atoms with Crippen molar-refractivity contribution in [2.45, 2.75) is 23.7 Å². The first-order valence-electron chi connectivity index (χ1n) is 8.54. The molecular formula is C18H18ClF3N2O4S. The minimum atomic E-state index is -4.84. The van der Waals surface area contributed by atoms with Gasteiger partial charge in [0, 0.05) is 24.2 Å². The lowest BCUT2D eigenvalue weighted by molar-refractivity contribution is -0.274. The SMILES string of the molecule is COc1ccc(Cl)cc1N1CCC(NS(=O)(=O)c2ccc(OC(F)(F)F)cc2)C1. The predicted molar refractivity (Wildman–Crippen MR) is 102 cm³/mol. The largest absolute Gasteiger partial charge is 0.573 e. The quantitative estimate of drug-likeness (QED) is 0.725. The molecule has 3 rings (SSSR count). The summed E-state index contributed by atoms with van der Waals surface area (Å²) in [4.78, 5) is 1.81. The molecule has 2 aromatic carbocycles. The fourth-order valence-corrected chi connectivity index (χ4v) is 4.52. The van der Waals surface area contributed by atoms with E-state index >= 15 is 0 Å². The van der Waals surface area contributed by atoms with E-state index in [0.717, 1.165) is 30.0 Å². The number of anilines is 1. The molecule has 29 heavy (non-hydrogen) atoms. The van der Waals surface area contributed by atoms with Crippen molar-refractivity contribution in [2.24, 2.45) is 0 Å². The Kier molecular flexibility index (Phi) is 6.16. The lowest BCUT2D eigenvalue weighted by Crippen LogP contribution is -2.37. The summed E-state index contributed by atoms with van der Waals surface area (Å²) < 4.78 is 73.5. The predicted octanol–water partition coefficient (Wildman–Crippen LogP) is 3.80. The van der Waals surface area contributed by atoms with E-state index in [4.69, 9.17) is 16.3 Å². The van der Waals surface area contributed by atoms with Gasteiger partial charge in [0.25, 0.3) is 0 Å². The number of hydrogen-bond donors (Lipinski definition) is 1. The van der Waals surface area contributed by atoms with Gasteiger partial charge in [-0.15, -0.1) is 13.2 Å². The zero-order chi connectivity index (χ0) is 21.2. The van der Waals surface area contributed by atoms with E-state index in [0.29, 0.717) is 30.3 Å². The van der Waals surface area contributed by atoms with Crippen LogP contribution in [0, 0.1) is 0 Å². The highest BCUT2D eigenvalue weighted by Crippen LogP contribution is 2.33. The zero-order valence-corrected chi connectivity index (χ0v) is 16.8. The van der Waals surface area contributed by atoms with Gasteiger partial charge < -0.3 is 14.4 Å². The third kappa shape index (κ3) is 5.46. The van der Waals surface area contributed by atoms with E-state index < -0.39 is 22.1 Å². The molecule has 0 aliphatic carbocycles. The van der Waals surface area contributed by atoms with Crippen molar-refractivity contribution >= 4 is 27.3 Å². The molecule has 11 heteroatoms. The van der Waals surface area contributed by atoms with Crippen LogP contribution in [0.15, 0.2) is 47.4 Å². The number of hydrogen-bond acceptors (Lipinski definition) is 5. The number of nitrogens with zero attached hydrogens (tertiary/aromatic N) is 1. The van der Waals surface area contributed by atoms with E-state index in [2.05, 4.69) is 9.46 Å². The van der Waals surface area contributed by atoms with Gasteiger partial charge >= 0.3 is 6.36 Å². The summed E-state index contributed by atoms with van der Waals surface area (Å²) in [5.41, 5.74) is 0.760. The first-order valence-corrected chi connectivity index (χ1v) is 10.4. The Morgan fingerprint density at radius 1 is 1.17 bits per heavy atom. The second kappa shape index (κ2) is 8.29. The minimum Gasteiger partial charge on any atom is -0.495 e. The van der Waals surface area contributed by atoms with Crippen molar-refractivity contribution in [3.63, 3.8) is 0 Å². The maximum Gasteiger partial charge on any atom is 0.573 e. The Balaban J connectivity index is 1.68. The molecule has 1 atom stereocenters. The van der Waals surface area contributed by atoms with Crippen LogP contribution in [0.3, 0.4) is 0 Å². The van der Waals surface area contributed by atoms with Crippen molar-refractivity contribution in [3.05, 3.63) is 47.5 Å². The van der Waals surface area contributed by atoms with Crippen LogP contribution in [0.1, 0.15) is 6.42 Å². The van der Waals surface area contributed by atoms with Crippen LogP contribution < -0.4 is 19.1 Å². The fourth-order valence-electron chi connectivity index (χ4n) is 3.09. The number of nitrogens with one attached hydrogen (secondary N) is 1. The summed E-state index contributed by atoms with van der Waals surface area (Å²) in [6, 6.07) is 8.85. The van der Waals surface area contributed by atoms with Gasteiger partial charge in [0.1, 0.15) is 11.5 Å². The number of rotatable bonds is 6. The number of halogens is 4. The summed E-state index contributed by atoms with van der Waals surface area (Å²) in [6.07, 6.45) is -4.29. The smallest absolute Gasteiger partial charge is 0.495 e. The molecule has 0 aromatic heterocycles. The third-order valence-electron chi connectivity index (χ3n) is 4.36. The van der Waals surface area contributed by atoms with Gasteiger partial charge in [0.15, 0.2) is 0 Å². The molecule has 1 saturated heterocycles. The van der Waals surface area contributed by atoms with Gasteiger partial charge in [0.05, 0.1) is 17.7 Å². The van der Waals surface area contributed by atoms with Crippen molar-refractivity contribution in [2.75, 3.05) is 25.1 Å². The summed E-state index contributed by atoms with van der Waals surface area (Å²) in [5.74, 6) is 0.134. The highest BCUT2D eigenvalue weighted by Gasteiger charge is 2.32. The van der Waals surface area contributed by atoms with Crippen LogP contribution in [0.2, 0.25) is 5.02 Å². The first kappa shape index (κ1) is 21.5. The molecule has 1 aliphatic rings. The summed E-state index contributed by atoms with van der Waals surface area (Å²) >= 11 is 6.05. The maximum atomic E-state index is 12.6. The van der Waals surface area contributed by atoms with E-state index in [1.165, 1.54) is 7.11 Å². The number of methoxy groups -OCH3 is 1. The summed E-state index contributed by atoms with van der Waals surface area (Å²) in [6.45, 7) is 0.980. The summed E-state index contributed by atoms with van der Waals surface area (Å²) in [7, 11) is -2.37. The van der Waals surface area contributed by atoms with Crippen LogP contribution in [0.5, 0.6) is 11.5 Å². The van der Waals surface area contributed by atoms with Gasteiger partial charge in [0.2, 0.25) is 10.0 Å². The fraction of sp³-hybridized carbons (Fsp3) is 0.333. The molecule has 0 spiro atoms. The zero-order valence-electron chi connectivity index (χ0n) is 15.2. The maximum absolute atomic E-state index is 12.6.